The highest BCUT2D eigenvalue weighted by molar-refractivity contribution is 7.98. The summed E-state index contributed by atoms with van der Waals surface area (Å²) in [6.07, 6.45) is 3.02. The van der Waals surface area contributed by atoms with Crippen molar-refractivity contribution in [1.29, 1.82) is 0 Å². The maximum absolute atomic E-state index is 5.75. The third-order valence-electron chi connectivity index (χ3n) is 1.76. The molecular weight excluding hydrogens is 180 g/mol. The average molecular weight is 196 g/mol. The van der Waals surface area contributed by atoms with Crippen LogP contribution in [0.1, 0.15) is 19.5 Å². The van der Waals surface area contributed by atoms with Crippen molar-refractivity contribution in [3.63, 3.8) is 0 Å². The van der Waals surface area contributed by atoms with Crippen molar-refractivity contribution >= 4 is 17.4 Å². The lowest BCUT2D eigenvalue weighted by molar-refractivity contribution is 0.632. The van der Waals surface area contributed by atoms with E-state index in [1.165, 1.54) is 0 Å². The first-order chi connectivity index (χ1) is 6.13. The van der Waals surface area contributed by atoms with Gasteiger partial charge in [0.05, 0.1) is 5.69 Å². The number of hydrogen-bond donors (Lipinski definition) is 1. The summed E-state index contributed by atoms with van der Waals surface area (Å²) in [5.74, 6) is 0.644. The Morgan fingerprint density at radius 1 is 1.46 bits per heavy atom. The van der Waals surface area contributed by atoms with Gasteiger partial charge in [0.15, 0.2) is 0 Å². The fourth-order valence-corrected chi connectivity index (χ4v) is 1.70. The molecule has 0 atom stereocenters. The molecule has 0 aromatic carbocycles. The minimum absolute atomic E-state index is 0.644. The van der Waals surface area contributed by atoms with Crippen molar-refractivity contribution in [3.05, 3.63) is 17.8 Å². The molecule has 0 unspecified atom stereocenters. The molecule has 0 amide bonds. The first-order valence-electron chi connectivity index (χ1n) is 4.43. The van der Waals surface area contributed by atoms with Gasteiger partial charge in [-0.15, -0.1) is 11.8 Å². The van der Waals surface area contributed by atoms with Gasteiger partial charge >= 0.3 is 0 Å². The predicted molar refractivity (Wildman–Crippen MR) is 59.0 cm³/mol. The molecule has 1 aromatic heterocycles. The molecule has 1 heterocycles. The second kappa shape index (κ2) is 4.51. The van der Waals surface area contributed by atoms with Crippen LogP contribution in [0.4, 0.5) is 5.69 Å². The number of pyridine rings is 1. The Hall–Kier alpha value is -0.700. The van der Waals surface area contributed by atoms with E-state index in [4.69, 9.17) is 5.73 Å². The number of hydrogen-bond acceptors (Lipinski definition) is 3. The molecule has 0 fully saturated rings. The zero-order valence-electron chi connectivity index (χ0n) is 8.37. The van der Waals surface area contributed by atoms with Gasteiger partial charge in [-0.05, 0) is 30.7 Å². The summed E-state index contributed by atoms with van der Waals surface area (Å²) in [5.41, 5.74) is 7.66. The Morgan fingerprint density at radius 2 is 2.15 bits per heavy atom. The van der Waals surface area contributed by atoms with Gasteiger partial charge < -0.3 is 5.73 Å². The Balaban J connectivity index is 2.86. The van der Waals surface area contributed by atoms with Crippen molar-refractivity contribution in [2.75, 3.05) is 12.0 Å². The zero-order valence-corrected chi connectivity index (χ0v) is 9.19. The van der Waals surface area contributed by atoms with Crippen molar-refractivity contribution in [2.45, 2.75) is 25.3 Å². The van der Waals surface area contributed by atoms with Crippen LogP contribution in [0.15, 0.2) is 17.2 Å². The average Bonchev–Trinajstić information content (AvgIpc) is 2.07. The number of nitrogens with two attached hydrogens (primary N) is 1. The SMILES string of the molecule is CSc1nc(CC(C)C)ccc1N. The lowest BCUT2D eigenvalue weighted by atomic mass is 10.1. The quantitative estimate of drug-likeness (QED) is 0.755. The topological polar surface area (TPSA) is 38.9 Å². The van der Waals surface area contributed by atoms with Crippen LogP contribution >= 0.6 is 11.8 Å². The molecule has 3 heteroatoms. The second-order valence-corrected chi connectivity index (χ2v) is 4.29. The van der Waals surface area contributed by atoms with Crippen LogP contribution in [-0.4, -0.2) is 11.2 Å². The molecule has 1 rings (SSSR count). The molecule has 2 N–H and O–H groups in total. The monoisotopic (exact) mass is 196 g/mol. The molecule has 2 nitrogen and oxygen atoms in total. The first-order valence-corrected chi connectivity index (χ1v) is 5.65. The fraction of sp³-hybridized carbons (Fsp3) is 0.500. The first kappa shape index (κ1) is 10.4. The summed E-state index contributed by atoms with van der Waals surface area (Å²) in [5, 5.41) is 0.943. The lowest BCUT2D eigenvalue weighted by Gasteiger charge is -2.07. The summed E-state index contributed by atoms with van der Waals surface area (Å²) in [4.78, 5) is 4.47. The van der Waals surface area contributed by atoms with Crippen molar-refractivity contribution < 1.29 is 0 Å². The molecule has 13 heavy (non-hydrogen) atoms. The van der Waals surface area contributed by atoms with E-state index in [1.54, 1.807) is 11.8 Å². The summed E-state index contributed by atoms with van der Waals surface area (Å²) in [7, 11) is 0. The third kappa shape index (κ3) is 2.92. The molecule has 0 aliphatic carbocycles. The van der Waals surface area contributed by atoms with E-state index < -0.39 is 0 Å². The molecule has 0 bridgehead atoms. The maximum atomic E-state index is 5.75. The number of nitrogen functional groups attached to an aromatic ring is 1. The molecule has 0 radical (unpaired) electrons. The van der Waals surface area contributed by atoms with Gasteiger partial charge in [-0.1, -0.05) is 13.8 Å². The van der Waals surface area contributed by atoms with Gasteiger partial charge in [0, 0.05) is 5.69 Å². The maximum Gasteiger partial charge on any atom is 0.119 e. The Kier molecular flexibility index (Phi) is 3.60. The van der Waals surface area contributed by atoms with E-state index in [-0.39, 0.29) is 0 Å². The van der Waals surface area contributed by atoms with E-state index in [9.17, 15) is 0 Å². The predicted octanol–water partition coefficient (Wildman–Crippen LogP) is 2.58. The van der Waals surface area contributed by atoms with Gasteiger partial charge in [-0.25, -0.2) is 4.98 Å². The van der Waals surface area contributed by atoms with E-state index in [2.05, 4.69) is 18.8 Å². The molecule has 0 aliphatic heterocycles. The molecule has 1 aromatic rings. The van der Waals surface area contributed by atoms with E-state index in [0.29, 0.717) is 5.92 Å². The van der Waals surface area contributed by atoms with E-state index in [0.717, 1.165) is 22.8 Å². The van der Waals surface area contributed by atoms with Crippen LogP contribution in [-0.2, 0) is 6.42 Å². The van der Waals surface area contributed by atoms with E-state index in [1.807, 2.05) is 18.4 Å². The van der Waals surface area contributed by atoms with Crippen LogP contribution in [0.2, 0.25) is 0 Å². The molecule has 0 aliphatic rings. The van der Waals surface area contributed by atoms with Crippen LogP contribution in [0, 0.1) is 5.92 Å². The highest BCUT2D eigenvalue weighted by atomic mass is 32.2. The second-order valence-electron chi connectivity index (χ2n) is 3.50. The summed E-state index contributed by atoms with van der Waals surface area (Å²) < 4.78 is 0. The lowest BCUT2D eigenvalue weighted by Crippen LogP contribution is -2.00. The van der Waals surface area contributed by atoms with Crippen molar-refractivity contribution in [1.82, 2.24) is 4.98 Å². The number of anilines is 1. The zero-order chi connectivity index (χ0) is 9.84. The fourth-order valence-electron chi connectivity index (χ4n) is 1.18. The number of thioether (sulfide) groups is 1. The van der Waals surface area contributed by atoms with Crippen LogP contribution < -0.4 is 5.73 Å². The van der Waals surface area contributed by atoms with Crippen LogP contribution in [0.5, 0.6) is 0 Å². The van der Waals surface area contributed by atoms with Gasteiger partial charge in [-0.2, -0.15) is 0 Å². The number of aromatic nitrogens is 1. The normalized spacial score (nSPS) is 10.8. The van der Waals surface area contributed by atoms with Crippen molar-refractivity contribution in [2.24, 2.45) is 5.92 Å². The summed E-state index contributed by atoms with van der Waals surface area (Å²) in [6.45, 7) is 4.38. The summed E-state index contributed by atoms with van der Waals surface area (Å²) >= 11 is 1.60. The highest BCUT2D eigenvalue weighted by Crippen LogP contribution is 2.20. The summed E-state index contributed by atoms with van der Waals surface area (Å²) in [6, 6.07) is 3.95. The Bertz CT molecular complexity index is 284. The molecule has 72 valence electrons. The molecule has 0 saturated carbocycles. The largest absolute Gasteiger partial charge is 0.397 e. The van der Waals surface area contributed by atoms with Gasteiger partial charge in [0.25, 0.3) is 0 Å². The van der Waals surface area contributed by atoms with E-state index >= 15 is 0 Å². The van der Waals surface area contributed by atoms with Gasteiger partial charge in [-0.3, -0.25) is 0 Å². The Morgan fingerprint density at radius 3 is 2.69 bits per heavy atom. The Labute approximate surface area is 83.9 Å². The van der Waals surface area contributed by atoms with Crippen molar-refractivity contribution in [3.8, 4) is 0 Å². The van der Waals surface area contributed by atoms with Gasteiger partial charge in [0.1, 0.15) is 5.03 Å². The number of rotatable bonds is 3. The van der Waals surface area contributed by atoms with Gasteiger partial charge in [0.2, 0.25) is 0 Å². The van der Waals surface area contributed by atoms with Crippen LogP contribution in [0.25, 0.3) is 0 Å². The minimum atomic E-state index is 0.644. The minimum Gasteiger partial charge on any atom is -0.397 e. The van der Waals surface area contributed by atoms with Crippen LogP contribution in [0.3, 0.4) is 0 Å². The molecular formula is C10H16N2S. The number of nitrogens with zero attached hydrogens (tertiary/aromatic N) is 1. The highest BCUT2D eigenvalue weighted by Gasteiger charge is 2.03. The molecule has 0 saturated heterocycles. The standard InChI is InChI=1S/C10H16N2S/c1-7(2)6-8-4-5-9(11)10(12-8)13-3/h4-5,7H,6,11H2,1-3H3. The third-order valence-corrected chi connectivity index (χ3v) is 2.47. The smallest absolute Gasteiger partial charge is 0.119 e. The molecule has 0 spiro atoms.